The van der Waals surface area contributed by atoms with Gasteiger partial charge < -0.3 is 4.90 Å². The highest BCUT2D eigenvalue weighted by Gasteiger charge is 2.22. The third-order valence-electron chi connectivity index (χ3n) is 5.20. The number of anilines is 1. The number of aryl methyl sites for hydroxylation is 2. The summed E-state index contributed by atoms with van der Waals surface area (Å²) in [5.41, 5.74) is 5.77. The molecule has 0 aliphatic carbocycles. The Morgan fingerprint density at radius 1 is 1.11 bits per heavy atom. The van der Waals surface area contributed by atoms with Crippen LogP contribution in [0.3, 0.4) is 0 Å². The van der Waals surface area contributed by atoms with Gasteiger partial charge in [0.15, 0.2) is 5.65 Å². The second-order valence-electron chi connectivity index (χ2n) is 7.68. The summed E-state index contributed by atoms with van der Waals surface area (Å²) in [6.45, 7) is 14.9. The van der Waals surface area contributed by atoms with Gasteiger partial charge in [-0.05, 0) is 38.5 Å². The van der Waals surface area contributed by atoms with E-state index in [0.29, 0.717) is 0 Å². The summed E-state index contributed by atoms with van der Waals surface area (Å²) in [6.07, 6.45) is 0. The molecule has 4 rings (SSSR count). The largest absolute Gasteiger partial charge is 0.354 e. The van der Waals surface area contributed by atoms with Crippen molar-refractivity contribution in [2.45, 2.75) is 20.8 Å². The normalized spacial score (nSPS) is 15.4. The molecule has 1 saturated heterocycles. The van der Waals surface area contributed by atoms with E-state index in [0.717, 1.165) is 66.7 Å². The van der Waals surface area contributed by atoms with Crippen molar-refractivity contribution in [3.8, 4) is 11.1 Å². The van der Waals surface area contributed by atoms with Crippen LogP contribution in [-0.2, 0) is 0 Å². The van der Waals surface area contributed by atoms with Gasteiger partial charge in [0.25, 0.3) is 0 Å². The maximum Gasteiger partial charge on any atom is 0.165 e. The van der Waals surface area contributed by atoms with Gasteiger partial charge in [0, 0.05) is 50.0 Å². The standard InChI is InChI=1S/C22H26FN5/c1-15(2)14-26-9-11-27(12-10-26)20-13-16(3)24-22-21(17(4)25-28(20)22)18-5-7-19(23)8-6-18/h5-8,13H,1,9-12,14H2,2-4H3. The molecule has 0 atom stereocenters. The Labute approximate surface area is 165 Å². The summed E-state index contributed by atoms with van der Waals surface area (Å²) in [5.74, 6) is 0.823. The molecular weight excluding hydrogens is 353 g/mol. The zero-order valence-electron chi connectivity index (χ0n) is 16.7. The second-order valence-corrected chi connectivity index (χ2v) is 7.68. The number of benzene rings is 1. The van der Waals surface area contributed by atoms with Crippen LogP contribution >= 0.6 is 0 Å². The molecular formula is C22H26FN5. The van der Waals surface area contributed by atoms with Crippen LogP contribution in [0.1, 0.15) is 18.3 Å². The van der Waals surface area contributed by atoms with E-state index in [9.17, 15) is 4.39 Å². The number of piperazine rings is 1. The van der Waals surface area contributed by atoms with E-state index in [1.165, 1.54) is 17.7 Å². The van der Waals surface area contributed by atoms with Crippen molar-refractivity contribution in [1.82, 2.24) is 19.5 Å². The molecule has 5 nitrogen and oxygen atoms in total. The number of rotatable bonds is 4. The zero-order valence-corrected chi connectivity index (χ0v) is 16.7. The van der Waals surface area contributed by atoms with Gasteiger partial charge in [-0.2, -0.15) is 9.61 Å². The summed E-state index contributed by atoms with van der Waals surface area (Å²) in [5, 5.41) is 4.79. The van der Waals surface area contributed by atoms with Crippen molar-refractivity contribution < 1.29 is 4.39 Å². The number of nitrogens with zero attached hydrogens (tertiary/aromatic N) is 5. The molecule has 1 aromatic carbocycles. The first-order valence-corrected chi connectivity index (χ1v) is 9.67. The van der Waals surface area contributed by atoms with Crippen molar-refractivity contribution in [2.24, 2.45) is 0 Å². The van der Waals surface area contributed by atoms with Crippen molar-refractivity contribution in [2.75, 3.05) is 37.6 Å². The van der Waals surface area contributed by atoms with E-state index in [2.05, 4.69) is 29.4 Å². The summed E-state index contributed by atoms with van der Waals surface area (Å²) < 4.78 is 15.3. The summed E-state index contributed by atoms with van der Waals surface area (Å²) in [4.78, 5) is 9.57. The van der Waals surface area contributed by atoms with Gasteiger partial charge in [-0.15, -0.1) is 0 Å². The van der Waals surface area contributed by atoms with Crippen LogP contribution in [0.2, 0.25) is 0 Å². The van der Waals surface area contributed by atoms with Crippen molar-refractivity contribution >= 4 is 11.5 Å². The predicted molar refractivity (Wildman–Crippen MR) is 111 cm³/mol. The smallest absolute Gasteiger partial charge is 0.165 e. The Balaban J connectivity index is 1.72. The van der Waals surface area contributed by atoms with Crippen LogP contribution in [0.25, 0.3) is 16.8 Å². The van der Waals surface area contributed by atoms with Crippen molar-refractivity contribution in [1.29, 1.82) is 0 Å². The Bertz CT molecular complexity index is 1010. The number of aromatic nitrogens is 3. The summed E-state index contributed by atoms with van der Waals surface area (Å²) >= 11 is 0. The lowest BCUT2D eigenvalue weighted by Crippen LogP contribution is -2.47. The van der Waals surface area contributed by atoms with Crippen LogP contribution < -0.4 is 4.90 Å². The number of halogens is 1. The van der Waals surface area contributed by atoms with E-state index < -0.39 is 0 Å². The van der Waals surface area contributed by atoms with E-state index >= 15 is 0 Å². The molecule has 146 valence electrons. The highest BCUT2D eigenvalue weighted by atomic mass is 19.1. The fourth-order valence-corrected chi connectivity index (χ4v) is 3.92. The van der Waals surface area contributed by atoms with Gasteiger partial charge in [0.05, 0.1) is 5.69 Å². The van der Waals surface area contributed by atoms with Gasteiger partial charge in [-0.1, -0.05) is 24.3 Å². The monoisotopic (exact) mass is 379 g/mol. The zero-order chi connectivity index (χ0) is 19.8. The minimum absolute atomic E-state index is 0.240. The minimum Gasteiger partial charge on any atom is -0.354 e. The Hall–Kier alpha value is -2.73. The molecule has 6 heteroatoms. The van der Waals surface area contributed by atoms with Crippen LogP contribution in [0.5, 0.6) is 0 Å². The first-order chi connectivity index (χ1) is 13.4. The first-order valence-electron chi connectivity index (χ1n) is 9.67. The number of hydrogen-bond acceptors (Lipinski definition) is 4. The van der Waals surface area contributed by atoms with Gasteiger partial charge in [0.2, 0.25) is 0 Å². The fourth-order valence-electron chi connectivity index (χ4n) is 3.92. The molecule has 0 radical (unpaired) electrons. The van der Waals surface area contributed by atoms with Gasteiger partial charge in [-0.3, -0.25) is 4.90 Å². The van der Waals surface area contributed by atoms with E-state index in [1.54, 1.807) is 12.1 Å². The molecule has 1 fully saturated rings. The Kier molecular flexibility index (Phi) is 4.89. The van der Waals surface area contributed by atoms with Crippen molar-refractivity contribution in [3.63, 3.8) is 0 Å². The summed E-state index contributed by atoms with van der Waals surface area (Å²) in [6, 6.07) is 8.65. The fraction of sp³-hybridized carbons (Fsp3) is 0.364. The van der Waals surface area contributed by atoms with Crippen LogP contribution in [0.4, 0.5) is 10.2 Å². The maximum atomic E-state index is 13.4. The highest BCUT2D eigenvalue weighted by molar-refractivity contribution is 5.81. The lowest BCUT2D eigenvalue weighted by molar-refractivity contribution is 0.277. The molecule has 1 aliphatic rings. The molecule has 28 heavy (non-hydrogen) atoms. The third-order valence-corrected chi connectivity index (χ3v) is 5.20. The quantitative estimate of drug-likeness (QED) is 0.645. The first kappa shape index (κ1) is 18.6. The van der Waals surface area contributed by atoms with Crippen LogP contribution in [0, 0.1) is 19.7 Å². The molecule has 0 bridgehead atoms. The van der Waals surface area contributed by atoms with Gasteiger partial charge in [0.1, 0.15) is 11.6 Å². The molecule has 1 aliphatic heterocycles. The van der Waals surface area contributed by atoms with Crippen LogP contribution in [-0.4, -0.2) is 52.2 Å². The van der Waals surface area contributed by atoms with E-state index in [1.807, 2.05) is 18.4 Å². The second kappa shape index (κ2) is 7.36. The molecule has 0 spiro atoms. The molecule has 3 aromatic rings. The van der Waals surface area contributed by atoms with Crippen LogP contribution in [0.15, 0.2) is 42.5 Å². The molecule has 0 amide bonds. The topological polar surface area (TPSA) is 36.7 Å². The minimum atomic E-state index is -0.240. The Morgan fingerprint density at radius 3 is 2.43 bits per heavy atom. The number of fused-ring (bicyclic) bond motifs is 1. The predicted octanol–water partition coefficient (Wildman–Crippen LogP) is 3.85. The highest BCUT2D eigenvalue weighted by Crippen LogP contribution is 2.30. The third kappa shape index (κ3) is 3.52. The Morgan fingerprint density at radius 2 is 1.79 bits per heavy atom. The summed E-state index contributed by atoms with van der Waals surface area (Å²) in [7, 11) is 0. The maximum absolute atomic E-state index is 13.4. The van der Waals surface area contributed by atoms with E-state index in [4.69, 9.17) is 10.1 Å². The van der Waals surface area contributed by atoms with Gasteiger partial charge in [-0.25, -0.2) is 9.37 Å². The average Bonchev–Trinajstić information content (AvgIpc) is 2.98. The molecule has 0 unspecified atom stereocenters. The SMILES string of the molecule is C=C(C)CN1CCN(c2cc(C)nc3c(-c4ccc(F)cc4)c(C)nn23)CC1. The lowest BCUT2D eigenvalue weighted by atomic mass is 10.1. The number of hydrogen-bond donors (Lipinski definition) is 0. The molecule has 2 aromatic heterocycles. The molecule has 0 N–H and O–H groups in total. The lowest BCUT2D eigenvalue weighted by Gasteiger charge is -2.36. The van der Waals surface area contributed by atoms with Crippen molar-refractivity contribution in [3.05, 3.63) is 59.7 Å². The average molecular weight is 379 g/mol. The molecule has 0 saturated carbocycles. The van der Waals surface area contributed by atoms with E-state index in [-0.39, 0.29) is 5.82 Å². The van der Waals surface area contributed by atoms with Gasteiger partial charge >= 0.3 is 0 Å². The molecule has 3 heterocycles.